The Morgan fingerprint density at radius 3 is 2.88 bits per heavy atom. The molecular formula is C11H13N3OS. The highest BCUT2D eigenvalue weighted by atomic mass is 32.1. The number of aromatic hydroxyl groups is 1. The van der Waals surface area contributed by atoms with Gasteiger partial charge in [-0.05, 0) is 37.0 Å². The van der Waals surface area contributed by atoms with Crippen molar-refractivity contribution in [2.24, 2.45) is 0 Å². The first-order valence-electron chi connectivity index (χ1n) is 4.97. The Labute approximate surface area is 98.1 Å². The van der Waals surface area contributed by atoms with E-state index in [1.54, 1.807) is 0 Å². The molecule has 16 heavy (non-hydrogen) atoms. The number of hydrogen-bond acceptors (Lipinski definition) is 5. The molecule has 0 unspecified atom stereocenters. The van der Waals surface area contributed by atoms with Crippen molar-refractivity contribution in [2.75, 3.05) is 5.32 Å². The van der Waals surface area contributed by atoms with Crippen molar-refractivity contribution in [1.82, 2.24) is 9.59 Å². The van der Waals surface area contributed by atoms with Gasteiger partial charge in [0.15, 0.2) is 0 Å². The van der Waals surface area contributed by atoms with Crippen LogP contribution in [0.5, 0.6) is 5.75 Å². The van der Waals surface area contributed by atoms with Crippen LogP contribution < -0.4 is 5.32 Å². The lowest BCUT2D eigenvalue weighted by atomic mass is 10.1. The zero-order chi connectivity index (χ0) is 11.5. The maximum absolute atomic E-state index is 9.78. The summed E-state index contributed by atoms with van der Waals surface area (Å²) < 4.78 is 3.79. The maximum atomic E-state index is 9.78. The summed E-state index contributed by atoms with van der Waals surface area (Å²) in [5.74, 6) is 0.349. The molecule has 0 saturated heterocycles. The van der Waals surface area contributed by atoms with Gasteiger partial charge in [-0.15, -0.1) is 5.10 Å². The standard InChI is InChI=1S/C11H13N3OS/c1-7-3-4-10(8(2)11(7)15)12-5-9-6-16-14-13-9/h3-4,6,12,15H,5H2,1-2H3. The molecule has 1 aromatic carbocycles. The van der Waals surface area contributed by atoms with E-state index in [0.717, 1.165) is 22.5 Å². The van der Waals surface area contributed by atoms with Crippen LogP contribution in [0.15, 0.2) is 17.5 Å². The van der Waals surface area contributed by atoms with Gasteiger partial charge < -0.3 is 10.4 Å². The third-order valence-corrected chi connectivity index (χ3v) is 3.05. The number of aromatic nitrogens is 2. The summed E-state index contributed by atoms with van der Waals surface area (Å²) in [6.45, 7) is 4.40. The first-order chi connectivity index (χ1) is 7.68. The molecule has 0 fully saturated rings. The zero-order valence-corrected chi connectivity index (χ0v) is 10.0. The summed E-state index contributed by atoms with van der Waals surface area (Å²) in [6, 6.07) is 3.86. The van der Waals surface area contributed by atoms with Gasteiger partial charge in [0.25, 0.3) is 0 Å². The van der Waals surface area contributed by atoms with Crippen molar-refractivity contribution in [3.8, 4) is 5.75 Å². The largest absolute Gasteiger partial charge is 0.507 e. The number of nitrogens with one attached hydrogen (secondary N) is 1. The number of phenols is 1. The lowest BCUT2D eigenvalue weighted by Crippen LogP contribution is -2.01. The van der Waals surface area contributed by atoms with Crippen molar-refractivity contribution in [1.29, 1.82) is 0 Å². The quantitative estimate of drug-likeness (QED) is 0.858. The predicted molar refractivity (Wildman–Crippen MR) is 64.8 cm³/mol. The second-order valence-electron chi connectivity index (χ2n) is 3.65. The molecule has 1 heterocycles. The van der Waals surface area contributed by atoms with Crippen LogP contribution in [0.2, 0.25) is 0 Å². The van der Waals surface area contributed by atoms with Gasteiger partial charge in [0.2, 0.25) is 0 Å². The van der Waals surface area contributed by atoms with Crippen LogP contribution in [0.3, 0.4) is 0 Å². The summed E-state index contributed by atoms with van der Waals surface area (Å²) in [4.78, 5) is 0. The summed E-state index contributed by atoms with van der Waals surface area (Å²) >= 11 is 1.33. The molecule has 84 valence electrons. The SMILES string of the molecule is Cc1ccc(NCc2csnn2)c(C)c1O. The fourth-order valence-electron chi connectivity index (χ4n) is 1.47. The number of nitrogens with zero attached hydrogens (tertiary/aromatic N) is 2. The molecule has 0 amide bonds. The Morgan fingerprint density at radius 1 is 1.38 bits per heavy atom. The maximum Gasteiger partial charge on any atom is 0.123 e. The van der Waals surface area contributed by atoms with E-state index < -0.39 is 0 Å². The van der Waals surface area contributed by atoms with E-state index in [1.807, 2.05) is 31.4 Å². The van der Waals surface area contributed by atoms with Gasteiger partial charge in [-0.1, -0.05) is 10.6 Å². The molecule has 2 aromatic rings. The lowest BCUT2D eigenvalue weighted by Gasteiger charge is -2.11. The van der Waals surface area contributed by atoms with Gasteiger partial charge >= 0.3 is 0 Å². The van der Waals surface area contributed by atoms with Crippen LogP contribution in [-0.4, -0.2) is 14.7 Å². The van der Waals surface area contributed by atoms with E-state index in [-0.39, 0.29) is 0 Å². The average Bonchev–Trinajstić information content (AvgIpc) is 2.78. The van der Waals surface area contributed by atoms with Crippen LogP contribution in [0.25, 0.3) is 0 Å². The monoisotopic (exact) mass is 235 g/mol. The molecule has 2 rings (SSSR count). The predicted octanol–water partition coefficient (Wildman–Crippen LogP) is 2.47. The lowest BCUT2D eigenvalue weighted by molar-refractivity contribution is 0.467. The van der Waals surface area contributed by atoms with Crippen LogP contribution in [-0.2, 0) is 6.54 Å². The summed E-state index contributed by atoms with van der Waals surface area (Å²) in [5, 5.41) is 18.8. The van der Waals surface area contributed by atoms with Crippen LogP contribution in [0.4, 0.5) is 5.69 Å². The first-order valence-corrected chi connectivity index (χ1v) is 5.81. The zero-order valence-electron chi connectivity index (χ0n) is 9.19. The second kappa shape index (κ2) is 4.49. The van der Waals surface area contributed by atoms with E-state index in [1.165, 1.54) is 11.5 Å². The van der Waals surface area contributed by atoms with E-state index in [9.17, 15) is 5.11 Å². The third kappa shape index (κ3) is 2.14. The van der Waals surface area contributed by atoms with Crippen molar-refractivity contribution in [3.63, 3.8) is 0 Å². The smallest absolute Gasteiger partial charge is 0.123 e. The Bertz CT molecular complexity index is 482. The molecule has 0 aliphatic heterocycles. The van der Waals surface area contributed by atoms with Gasteiger partial charge in [-0.25, -0.2) is 0 Å². The normalized spacial score (nSPS) is 10.4. The highest BCUT2D eigenvalue weighted by Gasteiger charge is 2.06. The van der Waals surface area contributed by atoms with Gasteiger partial charge in [0.05, 0.1) is 12.2 Å². The molecule has 0 aliphatic rings. The minimum Gasteiger partial charge on any atom is -0.507 e. The van der Waals surface area contributed by atoms with E-state index in [2.05, 4.69) is 14.9 Å². The number of aryl methyl sites for hydroxylation is 1. The number of hydrogen-bond donors (Lipinski definition) is 2. The number of anilines is 1. The van der Waals surface area contributed by atoms with Crippen LogP contribution >= 0.6 is 11.5 Å². The molecule has 0 spiro atoms. The van der Waals surface area contributed by atoms with Crippen molar-refractivity contribution >= 4 is 17.2 Å². The minimum absolute atomic E-state index is 0.349. The molecule has 0 saturated carbocycles. The Balaban J connectivity index is 2.13. The molecule has 0 aliphatic carbocycles. The van der Waals surface area contributed by atoms with Crippen LogP contribution in [0, 0.1) is 13.8 Å². The topological polar surface area (TPSA) is 58.0 Å². The molecule has 0 bridgehead atoms. The van der Waals surface area contributed by atoms with Gasteiger partial charge in [0.1, 0.15) is 5.75 Å². The molecule has 4 nitrogen and oxygen atoms in total. The molecular weight excluding hydrogens is 222 g/mol. The molecule has 5 heteroatoms. The molecule has 2 N–H and O–H groups in total. The van der Waals surface area contributed by atoms with Crippen molar-refractivity contribution in [2.45, 2.75) is 20.4 Å². The van der Waals surface area contributed by atoms with Crippen molar-refractivity contribution in [3.05, 3.63) is 34.3 Å². The van der Waals surface area contributed by atoms with Crippen molar-refractivity contribution < 1.29 is 5.11 Å². The fraction of sp³-hybridized carbons (Fsp3) is 0.273. The first kappa shape index (κ1) is 10.9. The number of rotatable bonds is 3. The fourth-order valence-corrected chi connectivity index (χ4v) is 1.93. The Morgan fingerprint density at radius 2 is 2.19 bits per heavy atom. The summed E-state index contributed by atoms with van der Waals surface area (Å²) in [6.07, 6.45) is 0. The number of benzene rings is 1. The highest BCUT2D eigenvalue weighted by molar-refractivity contribution is 7.03. The third-order valence-electron chi connectivity index (χ3n) is 2.50. The van der Waals surface area contributed by atoms with E-state index >= 15 is 0 Å². The van der Waals surface area contributed by atoms with Crippen LogP contribution in [0.1, 0.15) is 16.8 Å². The molecule has 0 radical (unpaired) electrons. The molecule has 1 aromatic heterocycles. The summed E-state index contributed by atoms with van der Waals surface area (Å²) in [5.41, 5.74) is 3.59. The average molecular weight is 235 g/mol. The van der Waals surface area contributed by atoms with E-state index in [4.69, 9.17) is 0 Å². The van der Waals surface area contributed by atoms with Gasteiger partial charge in [-0.2, -0.15) is 0 Å². The van der Waals surface area contributed by atoms with Gasteiger partial charge in [-0.3, -0.25) is 0 Å². The van der Waals surface area contributed by atoms with Gasteiger partial charge in [0, 0.05) is 16.6 Å². The number of phenolic OH excluding ortho intramolecular Hbond substituents is 1. The minimum atomic E-state index is 0.349. The second-order valence-corrected chi connectivity index (χ2v) is 4.26. The highest BCUT2D eigenvalue weighted by Crippen LogP contribution is 2.28. The Hall–Kier alpha value is -1.62. The Kier molecular flexibility index (Phi) is 3.05. The van der Waals surface area contributed by atoms with E-state index in [0.29, 0.717) is 12.3 Å². The molecule has 0 atom stereocenters. The summed E-state index contributed by atoms with van der Waals surface area (Å²) in [7, 11) is 0.